The number of nitrogens with one attached hydrogen (secondary N) is 2. The number of rotatable bonds is 9. The van der Waals surface area contributed by atoms with Crippen LogP contribution in [0.3, 0.4) is 0 Å². The van der Waals surface area contributed by atoms with E-state index < -0.39 is 11.8 Å². The van der Waals surface area contributed by atoms with E-state index in [9.17, 15) is 14.0 Å². The van der Waals surface area contributed by atoms with Gasteiger partial charge < -0.3 is 24.7 Å². The van der Waals surface area contributed by atoms with Crippen molar-refractivity contribution in [3.05, 3.63) is 84.1 Å². The largest absolute Gasteiger partial charge is 0.496 e. The summed E-state index contributed by atoms with van der Waals surface area (Å²) in [5, 5.41) is 5.43. The third-order valence-electron chi connectivity index (χ3n) is 6.35. The molecule has 1 saturated heterocycles. The number of hydrogen-bond acceptors (Lipinski definition) is 6. The van der Waals surface area contributed by atoms with Crippen LogP contribution < -0.4 is 20.3 Å². The first kappa shape index (κ1) is 25.2. The van der Waals surface area contributed by atoms with Crippen molar-refractivity contribution in [1.82, 2.24) is 15.5 Å². The van der Waals surface area contributed by atoms with Crippen LogP contribution in [0.2, 0.25) is 0 Å². The van der Waals surface area contributed by atoms with E-state index in [0.717, 1.165) is 48.9 Å². The van der Waals surface area contributed by atoms with Crippen LogP contribution in [0.4, 0.5) is 10.1 Å². The molecule has 0 saturated carbocycles. The summed E-state index contributed by atoms with van der Waals surface area (Å²) >= 11 is 0. The Hall–Kier alpha value is -3.85. The van der Waals surface area contributed by atoms with Gasteiger partial charge >= 0.3 is 11.8 Å². The highest BCUT2D eigenvalue weighted by Crippen LogP contribution is 2.24. The average Bonchev–Trinajstić information content (AvgIpc) is 3.44. The standard InChI is InChI=1S/C27H31FN4O4/c1-35-24-6-3-2-5-20(24)12-13-29-26(33)27(34)30-19-23(25-7-4-18-36-25)32-16-14-31(15-17-32)22-10-8-21(28)9-11-22/h2-11,18,23H,12-17,19H2,1H3,(H,29,33)(H,30,34). The predicted octanol–water partition coefficient (Wildman–Crippen LogP) is 2.77. The molecule has 0 spiro atoms. The Kier molecular flexibility index (Phi) is 8.57. The summed E-state index contributed by atoms with van der Waals surface area (Å²) in [5.41, 5.74) is 1.93. The fourth-order valence-electron chi connectivity index (χ4n) is 4.40. The van der Waals surface area contributed by atoms with Crippen molar-refractivity contribution < 1.29 is 23.1 Å². The summed E-state index contributed by atoms with van der Waals surface area (Å²) in [6.45, 7) is 3.51. The molecule has 2 aromatic carbocycles. The molecular formula is C27H31FN4O4. The second-order valence-corrected chi connectivity index (χ2v) is 8.56. The Morgan fingerprint density at radius 2 is 1.69 bits per heavy atom. The van der Waals surface area contributed by atoms with Crippen LogP contribution in [0.1, 0.15) is 17.4 Å². The molecular weight excluding hydrogens is 463 g/mol. The number of piperazine rings is 1. The molecule has 1 aromatic heterocycles. The number of halogens is 1. The van der Waals surface area contributed by atoms with E-state index in [1.807, 2.05) is 36.4 Å². The third kappa shape index (κ3) is 6.42. The molecule has 1 atom stereocenters. The number of anilines is 1. The summed E-state index contributed by atoms with van der Waals surface area (Å²) < 4.78 is 24.2. The monoisotopic (exact) mass is 494 g/mol. The normalized spacial score (nSPS) is 14.8. The SMILES string of the molecule is COc1ccccc1CCNC(=O)C(=O)NCC(c1ccco1)N1CCN(c2ccc(F)cc2)CC1. The first-order valence-electron chi connectivity index (χ1n) is 12.0. The Morgan fingerprint density at radius 1 is 0.972 bits per heavy atom. The van der Waals surface area contributed by atoms with E-state index in [4.69, 9.17) is 9.15 Å². The summed E-state index contributed by atoms with van der Waals surface area (Å²) in [6, 6.07) is 17.5. The van der Waals surface area contributed by atoms with E-state index in [1.54, 1.807) is 25.5 Å². The van der Waals surface area contributed by atoms with Gasteiger partial charge in [0.15, 0.2) is 0 Å². The zero-order valence-electron chi connectivity index (χ0n) is 20.3. The quantitative estimate of drug-likeness (QED) is 0.445. The molecule has 1 aliphatic rings. The van der Waals surface area contributed by atoms with Gasteiger partial charge in [0.2, 0.25) is 0 Å². The van der Waals surface area contributed by atoms with Gasteiger partial charge in [0, 0.05) is 45.0 Å². The van der Waals surface area contributed by atoms with Crippen molar-refractivity contribution in [3.63, 3.8) is 0 Å². The molecule has 9 heteroatoms. The van der Waals surface area contributed by atoms with Crippen LogP contribution in [0.25, 0.3) is 0 Å². The molecule has 1 aliphatic heterocycles. The highest BCUT2D eigenvalue weighted by Gasteiger charge is 2.28. The molecule has 3 aromatic rings. The van der Waals surface area contributed by atoms with Crippen molar-refractivity contribution in [3.8, 4) is 5.75 Å². The van der Waals surface area contributed by atoms with E-state index in [-0.39, 0.29) is 18.4 Å². The Labute approximate surface area is 210 Å². The minimum atomic E-state index is -0.684. The lowest BCUT2D eigenvalue weighted by Gasteiger charge is -2.39. The maximum absolute atomic E-state index is 13.3. The second kappa shape index (κ2) is 12.2. The molecule has 4 rings (SSSR count). The topological polar surface area (TPSA) is 87.0 Å². The Morgan fingerprint density at radius 3 is 2.39 bits per heavy atom. The molecule has 1 fully saturated rings. The molecule has 0 bridgehead atoms. The van der Waals surface area contributed by atoms with Gasteiger partial charge in [-0.2, -0.15) is 0 Å². The van der Waals surface area contributed by atoms with Gasteiger partial charge in [-0.05, 0) is 54.4 Å². The number of ether oxygens (including phenoxy) is 1. The van der Waals surface area contributed by atoms with E-state index in [1.165, 1.54) is 12.1 Å². The Balaban J connectivity index is 1.28. The van der Waals surface area contributed by atoms with E-state index in [0.29, 0.717) is 13.0 Å². The maximum Gasteiger partial charge on any atom is 0.309 e. The van der Waals surface area contributed by atoms with Crippen LogP contribution in [-0.2, 0) is 16.0 Å². The van der Waals surface area contributed by atoms with Crippen LogP contribution in [0.5, 0.6) is 5.75 Å². The number of nitrogens with zero attached hydrogens (tertiary/aromatic N) is 2. The first-order chi connectivity index (χ1) is 17.5. The van der Waals surface area contributed by atoms with Gasteiger partial charge in [-0.15, -0.1) is 0 Å². The number of hydrogen-bond donors (Lipinski definition) is 2. The van der Waals surface area contributed by atoms with Gasteiger partial charge in [0.1, 0.15) is 17.3 Å². The average molecular weight is 495 g/mol. The van der Waals surface area contributed by atoms with Crippen LogP contribution in [0, 0.1) is 5.82 Å². The highest BCUT2D eigenvalue weighted by atomic mass is 19.1. The molecule has 2 N–H and O–H groups in total. The van der Waals surface area contributed by atoms with E-state index in [2.05, 4.69) is 20.4 Å². The highest BCUT2D eigenvalue weighted by molar-refractivity contribution is 6.35. The minimum Gasteiger partial charge on any atom is -0.496 e. The lowest BCUT2D eigenvalue weighted by molar-refractivity contribution is -0.139. The number of carbonyl (C=O) groups is 2. The molecule has 8 nitrogen and oxygen atoms in total. The van der Waals surface area contributed by atoms with Crippen LogP contribution in [0.15, 0.2) is 71.3 Å². The lowest BCUT2D eigenvalue weighted by Crippen LogP contribution is -2.50. The number of amides is 2. The smallest absolute Gasteiger partial charge is 0.309 e. The zero-order valence-corrected chi connectivity index (χ0v) is 20.3. The third-order valence-corrected chi connectivity index (χ3v) is 6.35. The number of carbonyl (C=O) groups excluding carboxylic acids is 2. The number of benzene rings is 2. The summed E-state index contributed by atoms with van der Waals surface area (Å²) in [7, 11) is 1.60. The second-order valence-electron chi connectivity index (χ2n) is 8.56. The lowest BCUT2D eigenvalue weighted by atomic mass is 10.1. The first-order valence-corrected chi connectivity index (χ1v) is 12.0. The molecule has 0 aliphatic carbocycles. The molecule has 1 unspecified atom stereocenters. The number of furan rings is 1. The number of methoxy groups -OCH3 is 1. The van der Waals surface area contributed by atoms with Gasteiger partial charge in [-0.3, -0.25) is 14.5 Å². The van der Waals surface area contributed by atoms with Crippen molar-refractivity contribution in [2.45, 2.75) is 12.5 Å². The van der Waals surface area contributed by atoms with Crippen LogP contribution >= 0.6 is 0 Å². The van der Waals surface area contributed by atoms with Crippen molar-refractivity contribution in [2.24, 2.45) is 0 Å². The summed E-state index contributed by atoms with van der Waals surface area (Å²) in [5.74, 6) is -0.144. The van der Waals surface area contributed by atoms with Gasteiger partial charge in [-0.25, -0.2) is 4.39 Å². The summed E-state index contributed by atoms with van der Waals surface area (Å²) in [4.78, 5) is 29.3. The van der Waals surface area contributed by atoms with Crippen LogP contribution in [-0.4, -0.2) is 63.1 Å². The Bertz CT molecular complexity index is 1130. The molecule has 2 amide bonds. The van der Waals surface area contributed by atoms with Crippen molar-refractivity contribution in [2.75, 3.05) is 51.3 Å². The fraction of sp³-hybridized carbons (Fsp3) is 0.333. The van der Waals surface area contributed by atoms with E-state index >= 15 is 0 Å². The molecule has 2 heterocycles. The summed E-state index contributed by atoms with van der Waals surface area (Å²) in [6.07, 6.45) is 2.15. The molecule has 36 heavy (non-hydrogen) atoms. The molecule has 190 valence electrons. The minimum absolute atomic E-state index is 0.208. The van der Waals surface area contributed by atoms with Crippen molar-refractivity contribution >= 4 is 17.5 Å². The van der Waals surface area contributed by atoms with Gasteiger partial charge in [0.05, 0.1) is 19.4 Å². The number of para-hydroxylation sites is 1. The van der Waals surface area contributed by atoms with Crippen molar-refractivity contribution in [1.29, 1.82) is 0 Å². The predicted molar refractivity (Wildman–Crippen MR) is 134 cm³/mol. The zero-order chi connectivity index (χ0) is 25.3. The molecule has 0 radical (unpaired) electrons. The maximum atomic E-state index is 13.3. The van der Waals surface area contributed by atoms with Gasteiger partial charge in [0.25, 0.3) is 0 Å². The fourth-order valence-corrected chi connectivity index (χ4v) is 4.40. The van der Waals surface area contributed by atoms with Gasteiger partial charge in [-0.1, -0.05) is 18.2 Å².